The lowest BCUT2D eigenvalue weighted by molar-refractivity contribution is -0.0581. The predicted octanol–water partition coefficient (Wildman–Crippen LogP) is 4.81. The molecule has 0 spiro atoms. The van der Waals surface area contributed by atoms with Crippen LogP contribution in [0.3, 0.4) is 0 Å². The molecule has 2 heterocycles. The summed E-state index contributed by atoms with van der Waals surface area (Å²) in [5, 5.41) is 0. The predicted molar refractivity (Wildman–Crippen MR) is 102 cm³/mol. The highest BCUT2D eigenvalue weighted by molar-refractivity contribution is 6.00. The number of hydrogen-bond donors (Lipinski definition) is 0. The van der Waals surface area contributed by atoms with Gasteiger partial charge in [0, 0.05) is 30.9 Å². The minimum absolute atomic E-state index is 0.389. The number of rotatable bonds is 6. The average Bonchev–Trinajstić information content (AvgIpc) is 3.11. The molecule has 2 fully saturated rings. The molecule has 0 radical (unpaired) electrons. The van der Waals surface area contributed by atoms with E-state index in [2.05, 4.69) is 14.8 Å². The third kappa shape index (κ3) is 6.15. The quantitative estimate of drug-likeness (QED) is 0.493. The SMILES string of the molecule is CC/C=C/C(=C\C(=NC(C)C)C(F)(F)F)N1CCC(N2CCCC2)CC1. The van der Waals surface area contributed by atoms with Crippen molar-refractivity contribution in [2.75, 3.05) is 26.2 Å². The summed E-state index contributed by atoms with van der Waals surface area (Å²) in [6.07, 6.45) is 5.89. The Labute approximate surface area is 155 Å². The normalized spacial score (nSPS) is 22.2. The molecular formula is C20H32F3N3. The van der Waals surface area contributed by atoms with Crippen LogP contribution in [-0.4, -0.2) is 60.0 Å². The van der Waals surface area contributed by atoms with Crippen LogP contribution in [0.2, 0.25) is 0 Å². The smallest absolute Gasteiger partial charge is 0.371 e. The van der Waals surface area contributed by atoms with Crippen LogP contribution in [0.1, 0.15) is 52.9 Å². The van der Waals surface area contributed by atoms with Crippen molar-refractivity contribution in [1.29, 1.82) is 0 Å². The summed E-state index contributed by atoms with van der Waals surface area (Å²) < 4.78 is 40.1. The van der Waals surface area contributed by atoms with Gasteiger partial charge in [-0.25, -0.2) is 0 Å². The fraction of sp³-hybridized carbons (Fsp3) is 0.750. The summed E-state index contributed by atoms with van der Waals surface area (Å²) >= 11 is 0. The molecule has 148 valence electrons. The zero-order chi connectivity index (χ0) is 19.2. The third-order valence-corrected chi connectivity index (χ3v) is 4.98. The van der Waals surface area contributed by atoms with Gasteiger partial charge < -0.3 is 9.80 Å². The van der Waals surface area contributed by atoms with Gasteiger partial charge in [0.15, 0.2) is 0 Å². The molecule has 2 aliphatic rings. The molecule has 3 nitrogen and oxygen atoms in total. The Balaban J connectivity index is 2.15. The molecule has 2 rings (SSSR count). The maximum absolute atomic E-state index is 13.4. The van der Waals surface area contributed by atoms with Crippen molar-refractivity contribution in [3.05, 3.63) is 23.9 Å². The lowest BCUT2D eigenvalue weighted by atomic mass is 10.0. The highest BCUT2D eigenvalue weighted by Gasteiger charge is 2.35. The fourth-order valence-corrected chi connectivity index (χ4v) is 3.69. The van der Waals surface area contributed by atoms with Gasteiger partial charge in [0.05, 0.1) is 0 Å². The number of allylic oxidation sites excluding steroid dienone is 3. The molecule has 0 amide bonds. The summed E-state index contributed by atoms with van der Waals surface area (Å²) in [7, 11) is 0. The Hall–Kier alpha value is -1.30. The zero-order valence-corrected chi connectivity index (χ0v) is 16.2. The van der Waals surface area contributed by atoms with Gasteiger partial charge in [0.2, 0.25) is 0 Å². The van der Waals surface area contributed by atoms with Crippen molar-refractivity contribution >= 4 is 5.71 Å². The van der Waals surface area contributed by atoms with Gasteiger partial charge in [-0.1, -0.05) is 13.0 Å². The van der Waals surface area contributed by atoms with Crippen LogP contribution in [0.4, 0.5) is 13.2 Å². The number of hydrogen-bond acceptors (Lipinski definition) is 3. The molecular weight excluding hydrogens is 339 g/mol. The van der Waals surface area contributed by atoms with Crippen LogP contribution in [0.25, 0.3) is 0 Å². The van der Waals surface area contributed by atoms with Crippen molar-refractivity contribution in [2.24, 2.45) is 4.99 Å². The second-order valence-electron chi connectivity index (χ2n) is 7.45. The number of alkyl halides is 3. The lowest BCUT2D eigenvalue weighted by Gasteiger charge is -2.38. The van der Waals surface area contributed by atoms with Crippen LogP contribution in [0, 0.1) is 0 Å². The first-order valence-corrected chi connectivity index (χ1v) is 9.83. The van der Waals surface area contributed by atoms with Crippen LogP contribution < -0.4 is 0 Å². The molecule has 2 aliphatic heterocycles. The second kappa shape index (κ2) is 9.58. The Morgan fingerprint density at radius 2 is 1.73 bits per heavy atom. The highest BCUT2D eigenvalue weighted by Crippen LogP contribution is 2.26. The van der Waals surface area contributed by atoms with Gasteiger partial charge in [0.1, 0.15) is 5.71 Å². The first-order chi connectivity index (χ1) is 12.3. The van der Waals surface area contributed by atoms with E-state index in [0.29, 0.717) is 11.7 Å². The summed E-state index contributed by atoms with van der Waals surface area (Å²) in [4.78, 5) is 8.44. The molecule has 0 N–H and O–H groups in total. The van der Waals surface area contributed by atoms with E-state index in [4.69, 9.17) is 0 Å². The molecule has 0 unspecified atom stereocenters. The summed E-state index contributed by atoms with van der Waals surface area (Å²) in [6, 6.07) is 0.191. The minimum atomic E-state index is -4.43. The van der Waals surface area contributed by atoms with Crippen molar-refractivity contribution < 1.29 is 13.2 Å². The largest absolute Gasteiger partial charge is 0.432 e. The number of halogens is 3. The van der Waals surface area contributed by atoms with Crippen LogP contribution in [-0.2, 0) is 0 Å². The number of aliphatic imine (C=N–C) groups is 1. The van der Waals surface area contributed by atoms with E-state index < -0.39 is 11.9 Å². The molecule has 26 heavy (non-hydrogen) atoms. The molecule has 0 saturated carbocycles. The van der Waals surface area contributed by atoms with Gasteiger partial charge in [-0.2, -0.15) is 13.2 Å². The van der Waals surface area contributed by atoms with Crippen molar-refractivity contribution in [2.45, 2.75) is 71.1 Å². The first-order valence-electron chi connectivity index (χ1n) is 9.83. The van der Waals surface area contributed by atoms with Gasteiger partial charge >= 0.3 is 6.18 Å². The average molecular weight is 371 g/mol. The molecule has 6 heteroatoms. The standard InChI is InChI=1S/C20H32F3N3/c1-4-5-8-18(15-19(20(21,22)23)24-16(2)3)26-13-9-17(10-14-26)25-11-6-7-12-25/h5,8,15-17H,4,6-7,9-14H2,1-3H3/b8-5+,18-15+,24-19?. The van der Waals surface area contributed by atoms with E-state index in [1.165, 1.54) is 32.0 Å². The van der Waals surface area contributed by atoms with E-state index >= 15 is 0 Å². The lowest BCUT2D eigenvalue weighted by Crippen LogP contribution is -2.43. The minimum Gasteiger partial charge on any atom is -0.371 e. The van der Waals surface area contributed by atoms with E-state index in [1.807, 2.05) is 19.1 Å². The number of piperidine rings is 1. The van der Waals surface area contributed by atoms with Gasteiger partial charge in [0.25, 0.3) is 0 Å². The Morgan fingerprint density at radius 1 is 1.12 bits per heavy atom. The van der Waals surface area contributed by atoms with Crippen LogP contribution >= 0.6 is 0 Å². The molecule has 0 aromatic rings. The van der Waals surface area contributed by atoms with Gasteiger partial charge in [-0.15, -0.1) is 0 Å². The molecule has 0 aromatic carbocycles. The number of nitrogens with zero attached hydrogens (tertiary/aromatic N) is 3. The fourth-order valence-electron chi connectivity index (χ4n) is 3.69. The van der Waals surface area contributed by atoms with Crippen LogP contribution in [0.5, 0.6) is 0 Å². The van der Waals surface area contributed by atoms with Gasteiger partial charge in [-0.3, -0.25) is 4.99 Å². The molecule has 0 bridgehead atoms. The highest BCUT2D eigenvalue weighted by atomic mass is 19.4. The Morgan fingerprint density at radius 3 is 2.23 bits per heavy atom. The van der Waals surface area contributed by atoms with E-state index in [0.717, 1.165) is 32.4 Å². The maximum Gasteiger partial charge on any atom is 0.432 e. The van der Waals surface area contributed by atoms with Crippen molar-refractivity contribution in [3.63, 3.8) is 0 Å². The second-order valence-corrected chi connectivity index (χ2v) is 7.45. The van der Waals surface area contributed by atoms with Crippen molar-refractivity contribution in [3.8, 4) is 0 Å². The molecule has 0 atom stereocenters. The first kappa shape index (κ1) is 21.0. The summed E-state index contributed by atoms with van der Waals surface area (Å²) in [5.74, 6) is 0. The van der Waals surface area contributed by atoms with Crippen molar-refractivity contribution in [1.82, 2.24) is 9.80 Å². The van der Waals surface area contributed by atoms with Crippen LogP contribution in [0.15, 0.2) is 28.9 Å². The zero-order valence-electron chi connectivity index (χ0n) is 16.2. The van der Waals surface area contributed by atoms with Gasteiger partial charge in [-0.05, 0) is 71.2 Å². The monoisotopic (exact) mass is 371 g/mol. The molecule has 0 aliphatic carbocycles. The summed E-state index contributed by atoms with van der Waals surface area (Å²) in [5.41, 5.74) is -0.159. The van der Waals surface area contributed by atoms with E-state index in [9.17, 15) is 13.2 Å². The Bertz CT molecular complexity index is 521. The summed E-state index contributed by atoms with van der Waals surface area (Å²) in [6.45, 7) is 9.26. The third-order valence-electron chi connectivity index (χ3n) is 4.98. The van der Waals surface area contributed by atoms with E-state index in [1.54, 1.807) is 13.8 Å². The topological polar surface area (TPSA) is 18.8 Å². The molecule has 0 aromatic heterocycles. The number of likely N-dealkylation sites (tertiary alicyclic amines) is 2. The molecule has 2 saturated heterocycles. The van der Waals surface area contributed by atoms with E-state index in [-0.39, 0.29) is 6.04 Å². The Kier molecular flexibility index (Phi) is 7.74. The maximum atomic E-state index is 13.4.